The van der Waals surface area contributed by atoms with Crippen molar-refractivity contribution < 1.29 is 14.7 Å². The molecule has 0 aromatic rings. The van der Waals surface area contributed by atoms with E-state index in [-0.39, 0.29) is 50.6 Å². The van der Waals surface area contributed by atoms with E-state index in [1.54, 1.807) is 0 Å². The predicted molar refractivity (Wildman–Crippen MR) is 185 cm³/mol. The Morgan fingerprint density at radius 3 is 2.13 bits per heavy atom. The molecule has 6 saturated carbocycles. The Balaban J connectivity index is 1.16. The van der Waals surface area contributed by atoms with Gasteiger partial charge in [-0.2, -0.15) is 0 Å². The fourth-order valence-corrected chi connectivity index (χ4v) is 14.6. The summed E-state index contributed by atoms with van der Waals surface area (Å²) in [5, 5.41) is 14.7. The molecule has 46 heavy (non-hydrogen) atoms. The molecule has 2 amide bonds. The normalized spacial score (nSPS) is 50.3. The smallest absolute Gasteiger partial charge is 0.226 e. The fourth-order valence-electron chi connectivity index (χ4n) is 14.6. The number of amides is 2. The molecule has 1 heterocycles. The molecule has 0 aromatic heterocycles. The van der Waals surface area contributed by atoms with Crippen LogP contribution >= 0.6 is 0 Å². The van der Waals surface area contributed by atoms with Gasteiger partial charge in [0.05, 0.1) is 11.5 Å². The highest BCUT2D eigenvalue weighted by atomic mass is 16.3. The highest BCUT2D eigenvalue weighted by Gasteiger charge is 2.72. The van der Waals surface area contributed by atoms with Crippen LogP contribution in [0.15, 0.2) is 12.2 Å². The third-order valence-corrected chi connectivity index (χ3v) is 17.8. The van der Waals surface area contributed by atoms with Crippen molar-refractivity contribution in [3.05, 3.63) is 12.2 Å². The lowest BCUT2D eigenvalue weighted by Crippen LogP contribution is -2.68. The van der Waals surface area contributed by atoms with E-state index in [2.05, 4.69) is 72.2 Å². The Hall–Kier alpha value is -1.36. The summed E-state index contributed by atoms with van der Waals surface area (Å²) in [6, 6.07) is 0.0669. The Morgan fingerprint density at radius 1 is 0.783 bits per heavy atom. The van der Waals surface area contributed by atoms with Crippen LogP contribution in [0.2, 0.25) is 0 Å². The van der Waals surface area contributed by atoms with Gasteiger partial charge >= 0.3 is 0 Å². The topological polar surface area (TPSA) is 69.6 Å². The Bertz CT molecular complexity index is 1280. The molecule has 12 atom stereocenters. The minimum Gasteiger partial charge on any atom is -0.393 e. The van der Waals surface area contributed by atoms with E-state index >= 15 is 0 Å². The van der Waals surface area contributed by atoms with E-state index in [0.717, 1.165) is 70.9 Å². The average Bonchev–Trinajstić information content (AvgIpc) is 3.67. The van der Waals surface area contributed by atoms with Gasteiger partial charge in [-0.25, -0.2) is 0 Å². The minimum atomic E-state index is -0.324. The quantitative estimate of drug-likeness (QED) is 0.307. The van der Waals surface area contributed by atoms with Crippen molar-refractivity contribution in [2.24, 2.45) is 68.0 Å². The molecule has 0 aromatic carbocycles. The lowest BCUT2D eigenvalue weighted by atomic mass is 9.32. The van der Waals surface area contributed by atoms with Crippen LogP contribution < -0.4 is 5.32 Å². The highest BCUT2D eigenvalue weighted by molar-refractivity contribution is 5.86. The van der Waals surface area contributed by atoms with Crippen LogP contribution in [0.25, 0.3) is 0 Å². The molecule has 258 valence electrons. The van der Waals surface area contributed by atoms with Crippen molar-refractivity contribution in [3.63, 3.8) is 0 Å². The average molecular weight is 635 g/mol. The molecule has 1 aliphatic heterocycles. The van der Waals surface area contributed by atoms with Gasteiger partial charge in [0.15, 0.2) is 0 Å². The number of carbonyl (C=O) groups excluding carboxylic acids is 2. The van der Waals surface area contributed by atoms with Crippen LogP contribution in [-0.4, -0.2) is 47.1 Å². The number of hydrogen-bond donors (Lipinski definition) is 2. The molecule has 5 nitrogen and oxygen atoms in total. The lowest BCUT2D eigenvalue weighted by molar-refractivity contribution is -0.246. The molecule has 1 unspecified atom stereocenters. The Morgan fingerprint density at radius 2 is 1.48 bits per heavy atom. The zero-order chi connectivity index (χ0) is 33.2. The summed E-state index contributed by atoms with van der Waals surface area (Å²) < 4.78 is 0. The first-order valence-corrected chi connectivity index (χ1v) is 19.4. The molecule has 0 radical (unpaired) electrons. The number of allylic oxidation sites excluding steroid dienone is 1. The van der Waals surface area contributed by atoms with E-state index < -0.39 is 0 Å². The highest BCUT2D eigenvalue weighted by Crippen LogP contribution is 2.77. The largest absolute Gasteiger partial charge is 0.393 e. The molecular weight excluding hydrogens is 568 g/mol. The number of fused-ring (bicyclic) bond motifs is 7. The van der Waals surface area contributed by atoms with E-state index in [1.807, 2.05) is 0 Å². The zero-order valence-corrected chi connectivity index (χ0v) is 30.6. The molecule has 7 aliphatic rings. The zero-order valence-electron chi connectivity index (χ0n) is 30.6. The first kappa shape index (κ1) is 33.2. The summed E-state index contributed by atoms with van der Waals surface area (Å²) in [6.07, 6.45) is 14.0. The summed E-state index contributed by atoms with van der Waals surface area (Å²) in [5.41, 5.74) is 1.40. The van der Waals surface area contributed by atoms with Crippen molar-refractivity contribution in [1.29, 1.82) is 0 Å². The van der Waals surface area contributed by atoms with Crippen LogP contribution in [0.4, 0.5) is 0 Å². The van der Waals surface area contributed by atoms with E-state index in [9.17, 15) is 14.7 Å². The fraction of sp³-hybridized carbons (Fsp3) is 0.902. The Labute approximate surface area is 280 Å². The number of aliphatic hydroxyl groups is 1. The van der Waals surface area contributed by atoms with Crippen molar-refractivity contribution in [1.82, 2.24) is 10.2 Å². The number of aliphatic hydroxyl groups excluding tert-OH is 1. The second-order valence-corrected chi connectivity index (χ2v) is 19.9. The van der Waals surface area contributed by atoms with Crippen molar-refractivity contribution in [2.75, 3.05) is 13.1 Å². The number of likely N-dealkylation sites (tertiary alicyclic amines) is 1. The number of rotatable bonds is 4. The monoisotopic (exact) mass is 635 g/mol. The van der Waals surface area contributed by atoms with Crippen molar-refractivity contribution in [3.8, 4) is 0 Å². The number of carbonyl (C=O) groups is 2. The van der Waals surface area contributed by atoms with Crippen LogP contribution in [0.1, 0.15) is 139 Å². The molecular formula is C41H66N2O3. The third kappa shape index (κ3) is 4.20. The summed E-state index contributed by atoms with van der Waals surface area (Å²) in [5.74, 6) is 3.13. The van der Waals surface area contributed by atoms with Gasteiger partial charge in [-0.1, -0.05) is 60.6 Å². The van der Waals surface area contributed by atoms with Crippen LogP contribution in [0.3, 0.4) is 0 Å². The van der Waals surface area contributed by atoms with Gasteiger partial charge in [-0.3, -0.25) is 9.59 Å². The summed E-state index contributed by atoms with van der Waals surface area (Å²) in [7, 11) is 0. The molecule has 2 N–H and O–H groups in total. The predicted octanol–water partition coefficient (Wildman–Crippen LogP) is 8.16. The van der Waals surface area contributed by atoms with Gasteiger partial charge in [0.1, 0.15) is 0 Å². The maximum Gasteiger partial charge on any atom is 0.226 e. The molecule has 7 rings (SSSR count). The van der Waals surface area contributed by atoms with Gasteiger partial charge in [-0.05, 0) is 147 Å². The third-order valence-electron chi connectivity index (χ3n) is 17.8. The maximum absolute atomic E-state index is 14.8. The van der Waals surface area contributed by atoms with E-state index in [4.69, 9.17) is 0 Å². The summed E-state index contributed by atoms with van der Waals surface area (Å²) in [6.45, 7) is 25.6. The SMILES string of the molecule is C=C(C)[C@@H]1CCC2(C(=O)N[C@H]3C[C@@H](C(=O)N4CCCC4)C3(C)C)CC[C@]3(C)[C@H](CC[C@@H]4[C@@]5(C)CC[C@H](O)C(C)(C)[C@@H]5CC[C@]43C)[C@@H]12. The van der Waals surface area contributed by atoms with Gasteiger partial charge in [0.25, 0.3) is 0 Å². The van der Waals surface area contributed by atoms with Gasteiger partial charge in [0, 0.05) is 25.0 Å². The second kappa shape index (κ2) is 10.6. The molecule has 1 saturated heterocycles. The standard InChI is InChI=1S/C41H66N2O3/c1-25(2)26-14-19-41(35(46)42-31-24-28(36(31,3)4)34(45)43-22-10-11-23-43)21-20-39(8)27(33(26)41)12-13-30-38(7)17-16-32(44)37(5,6)29(38)15-18-40(30,39)9/h26-33,44H,1,10-24H2,2-9H3,(H,42,46)/t26-,27+,28-,29-,30+,31-,32-,33+,38-,39+,40+,41?/m0/s1. The first-order valence-electron chi connectivity index (χ1n) is 19.4. The minimum absolute atomic E-state index is 0.0168. The summed E-state index contributed by atoms with van der Waals surface area (Å²) >= 11 is 0. The number of nitrogens with one attached hydrogen (secondary N) is 1. The van der Waals surface area contributed by atoms with E-state index in [0.29, 0.717) is 41.4 Å². The van der Waals surface area contributed by atoms with Crippen LogP contribution in [0, 0.1) is 68.0 Å². The number of hydrogen-bond acceptors (Lipinski definition) is 3. The second-order valence-electron chi connectivity index (χ2n) is 19.9. The molecule has 7 fully saturated rings. The molecule has 5 heteroatoms. The molecule has 0 bridgehead atoms. The van der Waals surface area contributed by atoms with Gasteiger partial charge in [-0.15, -0.1) is 0 Å². The molecule has 6 aliphatic carbocycles. The van der Waals surface area contributed by atoms with Gasteiger partial charge in [0.2, 0.25) is 11.8 Å². The van der Waals surface area contributed by atoms with Crippen molar-refractivity contribution >= 4 is 11.8 Å². The summed E-state index contributed by atoms with van der Waals surface area (Å²) in [4.78, 5) is 30.2. The first-order chi connectivity index (χ1) is 21.4. The van der Waals surface area contributed by atoms with Crippen LogP contribution in [0.5, 0.6) is 0 Å². The molecule has 0 spiro atoms. The van der Waals surface area contributed by atoms with E-state index in [1.165, 1.54) is 31.3 Å². The number of nitrogens with zero attached hydrogens (tertiary/aromatic N) is 1. The van der Waals surface area contributed by atoms with Gasteiger partial charge < -0.3 is 15.3 Å². The van der Waals surface area contributed by atoms with Crippen LogP contribution in [-0.2, 0) is 9.59 Å². The lowest BCUT2D eigenvalue weighted by Gasteiger charge is -2.72. The Kier molecular flexibility index (Phi) is 7.62. The maximum atomic E-state index is 14.8. The van der Waals surface area contributed by atoms with Crippen molar-refractivity contribution in [2.45, 2.75) is 151 Å².